The van der Waals surface area contributed by atoms with Crippen molar-refractivity contribution in [2.75, 3.05) is 33.9 Å². The highest BCUT2D eigenvalue weighted by molar-refractivity contribution is 5.54. The molecule has 4 heteroatoms. The van der Waals surface area contributed by atoms with Gasteiger partial charge >= 0.3 is 0 Å². The largest absolute Gasteiger partial charge is 0.496 e. The second kappa shape index (κ2) is 5.77. The summed E-state index contributed by atoms with van der Waals surface area (Å²) in [5.41, 5.74) is 1.08. The maximum Gasteiger partial charge on any atom is 0.168 e. The molecule has 1 heterocycles. The van der Waals surface area contributed by atoms with E-state index in [0.29, 0.717) is 13.2 Å². The van der Waals surface area contributed by atoms with Gasteiger partial charge in [-0.1, -0.05) is 0 Å². The molecule has 0 aromatic heterocycles. The summed E-state index contributed by atoms with van der Waals surface area (Å²) < 4.78 is 16.8. The van der Waals surface area contributed by atoms with Crippen LogP contribution in [0.25, 0.3) is 0 Å². The molecule has 0 atom stereocenters. The molecule has 0 saturated heterocycles. The molecule has 1 aromatic rings. The zero-order valence-electron chi connectivity index (χ0n) is 10.4. The number of hydrogen-bond acceptors (Lipinski definition) is 4. The Bertz CT molecular complexity index is 379. The van der Waals surface area contributed by atoms with Gasteiger partial charge in [-0.25, -0.2) is 0 Å². The molecule has 0 fully saturated rings. The van der Waals surface area contributed by atoms with E-state index < -0.39 is 0 Å². The molecule has 0 saturated carbocycles. The lowest BCUT2D eigenvalue weighted by Gasteiger charge is -2.15. The molecule has 1 aromatic carbocycles. The average molecular weight is 237 g/mol. The number of benzene rings is 1. The molecule has 2 rings (SSSR count). The van der Waals surface area contributed by atoms with Crippen LogP contribution in [0.15, 0.2) is 12.1 Å². The summed E-state index contributed by atoms with van der Waals surface area (Å²) in [6.45, 7) is 2.30. The van der Waals surface area contributed by atoms with Crippen molar-refractivity contribution in [3.05, 3.63) is 17.7 Å². The van der Waals surface area contributed by atoms with Gasteiger partial charge in [0, 0.05) is 12.0 Å². The van der Waals surface area contributed by atoms with Gasteiger partial charge in [-0.3, -0.25) is 0 Å². The molecule has 0 bridgehead atoms. The fourth-order valence-corrected chi connectivity index (χ4v) is 1.95. The van der Waals surface area contributed by atoms with Gasteiger partial charge in [0.25, 0.3) is 0 Å². The van der Waals surface area contributed by atoms with E-state index in [2.05, 4.69) is 5.32 Å². The minimum Gasteiger partial charge on any atom is -0.496 e. The Morgan fingerprint density at radius 1 is 1.29 bits per heavy atom. The van der Waals surface area contributed by atoms with Crippen molar-refractivity contribution in [1.82, 2.24) is 5.32 Å². The van der Waals surface area contributed by atoms with Gasteiger partial charge in [-0.15, -0.1) is 0 Å². The number of nitrogens with one attached hydrogen (secondary N) is 1. The van der Waals surface area contributed by atoms with Crippen LogP contribution in [0, 0.1) is 0 Å². The van der Waals surface area contributed by atoms with Crippen LogP contribution in [0.5, 0.6) is 17.2 Å². The highest BCUT2D eigenvalue weighted by Gasteiger charge is 2.18. The third kappa shape index (κ3) is 2.64. The fraction of sp³-hybridized carbons (Fsp3) is 0.538. The Balaban J connectivity index is 2.36. The van der Waals surface area contributed by atoms with E-state index in [0.717, 1.165) is 42.2 Å². The second-order valence-electron chi connectivity index (χ2n) is 3.98. The van der Waals surface area contributed by atoms with E-state index >= 15 is 0 Å². The first kappa shape index (κ1) is 12.0. The molecule has 0 aliphatic carbocycles. The van der Waals surface area contributed by atoms with Gasteiger partial charge in [0.1, 0.15) is 5.75 Å². The molecule has 1 aliphatic rings. The SMILES string of the molecule is CNCCc1c(OC)ccc2c1OCCCO2. The van der Waals surface area contributed by atoms with Gasteiger partial charge in [-0.05, 0) is 32.1 Å². The summed E-state index contributed by atoms with van der Waals surface area (Å²) in [4.78, 5) is 0. The van der Waals surface area contributed by atoms with E-state index in [-0.39, 0.29) is 0 Å². The smallest absolute Gasteiger partial charge is 0.168 e. The number of fused-ring (bicyclic) bond motifs is 1. The average Bonchev–Trinajstić information content (AvgIpc) is 2.60. The van der Waals surface area contributed by atoms with Crippen LogP contribution in [-0.4, -0.2) is 33.9 Å². The predicted octanol–water partition coefficient (Wildman–Crippen LogP) is 1.62. The first-order valence-electron chi connectivity index (χ1n) is 5.97. The van der Waals surface area contributed by atoms with Crippen molar-refractivity contribution in [3.8, 4) is 17.2 Å². The first-order chi connectivity index (χ1) is 8.36. The Kier molecular flexibility index (Phi) is 4.09. The first-order valence-corrected chi connectivity index (χ1v) is 5.97. The molecular formula is C13H19NO3. The highest BCUT2D eigenvalue weighted by atomic mass is 16.5. The molecule has 0 radical (unpaired) electrons. The zero-order chi connectivity index (χ0) is 12.1. The summed E-state index contributed by atoms with van der Waals surface area (Å²) in [5, 5.41) is 3.14. The Morgan fingerprint density at radius 3 is 2.88 bits per heavy atom. The Labute approximate surface area is 102 Å². The predicted molar refractivity (Wildman–Crippen MR) is 66.2 cm³/mol. The highest BCUT2D eigenvalue weighted by Crippen LogP contribution is 2.39. The minimum atomic E-state index is 0.701. The standard InChI is InChI=1S/C13H19NO3/c1-14-7-6-10-11(15-2)4-5-12-13(10)17-9-3-8-16-12/h4-5,14H,3,6-9H2,1-2H3. The van der Waals surface area contributed by atoms with Gasteiger partial charge in [-0.2, -0.15) is 0 Å². The van der Waals surface area contributed by atoms with Gasteiger partial charge in [0.05, 0.1) is 20.3 Å². The third-order valence-corrected chi connectivity index (χ3v) is 2.82. The van der Waals surface area contributed by atoms with Crippen molar-refractivity contribution in [3.63, 3.8) is 0 Å². The quantitative estimate of drug-likeness (QED) is 0.863. The summed E-state index contributed by atoms with van der Waals surface area (Å²) in [5.74, 6) is 2.54. The molecule has 0 unspecified atom stereocenters. The van der Waals surface area contributed by atoms with E-state index in [1.807, 2.05) is 19.2 Å². The summed E-state index contributed by atoms with van der Waals surface area (Å²) in [6, 6.07) is 3.86. The summed E-state index contributed by atoms with van der Waals surface area (Å²) in [6.07, 6.45) is 1.79. The molecule has 94 valence electrons. The van der Waals surface area contributed by atoms with Crippen LogP contribution in [0.4, 0.5) is 0 Å². The van der Waals surface area contributed by atoms with Gasteiger partial charge in [0.2, 0.25) is 0 Å². The van der Waals surface area contributed by atoms with Crippen LogP contribution >= 0.6 is 0 Å². The molecule has 4 nitrogen and oxygen atoms in total. The lowest BCUT2D eigenvalue weighted by molar-refractivity contribution is 0.295. The molecule has 0 spiro atoms. The van der Waals surface area contributed by atoms with Crippen molar-refractivity contribution >= 4 is 0 Å². The molecule has 1 aliphatic heterocycles. The van der Waals surface area contributed by atoms with E-state index in [9.17, 15) is 0 Å². The lowest BCUT2D eigenvalue weighted by Crippen LogP contribution is -2.12. The van der Waals surface area contributed by atoms with Crippen LogP contribution < -0.4 is 19.5 Å². The van der Waals surface area contributed by atoms with Gasteiger partial charge in [0.15, 0.2) is 11.5 Å². The maximum atomic E-state index is 5.79. The maximum absolute atomic E-state index is 5.79. The molecule has 1 N–H and O–H groups in total. The fourth-order valence-electron chi connectivity index (χ4n) is 1.95. The summed E-state index contributed by atoms with van der Waals surface area (Å²) >= 11 is 0. The van der Waals surface area contributed by atoms with Crippen LogP contribution in [0.1, 0.15) is 12.0 Å². The zero-order valence-corrected chi connectivity index (χ0v) is 10.4. The second-order valence-corrected chi connectivity index (χ2v) is 3.98. The van der Waals surface area contributed by atoms with Gasteiger partial charge < -0.3 is 19.5 Å². The number of methoxy groups -OCH3 is 1. The van der Waals surface area contributed by atoms with Crippen molar-refractivity contribution in [2.24, 2.45) is 0 Å². The topological polar surface area (TPSA) is 39.7 Å². The molecular weight excluding hydrogens is 218 g/mol. The number of rotatable bonds is 4. The van der Waals surface area contributed by atoms with Crippen LogP contribution in [-0.2, 0) is 6.42 Å². The Hall–Kier alpha value is -1.42. The molecule has 0 amide bonds. The van der Waals surface area contributed by atoms with Crippen LogP contribution in [0.2, 0.25) is 0 Å². The van der Waals surface area contributed by atoms with Crippen molar-refractivity contribution in [1.29, 1.82) is 0 Å². The van der Waals surface area contributed by atoms with E-state index in [1.54, 1.807) is 7.11 Å². The minimum absolute atomic E-state index is 0.701. The normalized spacial score (nSPS) is 14.2. The number of likely N-dealkylation sites (N-methyl/N-ethyl adjacent to an activating group) is 1. The van der Waals surface area contributed by atoms with Crippen molar-refractivity contribution < 1.29 is 14.2 Å². The van der Waals surface area contributed by atoms with Crippen LogP contribution in [0.3, 0.4) is 0 Å². The number of hydrogen-bond donors (Lipinski definition) is 1. The molecule has 17 heavy (non-hydrogen) atoms. The summed E-state index contributed by atoms with van der Waals surface area (Å²) in [7, 11) is 3.62. The lowest BCUT2D eigenvalue weighted by atomic mass is 10.1. The third-order valence-electron chi connectivity index (χ3n) is 2.82. The Morgan fingerprint density at radius 2 is 2.12 bits per heavy atom. The van der Waals surface area contributed by atoms with E-state index in [1.165, 1.54) is 0 Å². The van der Waals surface area contributed by atoms with E-state index in [4.69, 9.17) is 14.2 Å². The monoisotopic (exact) mass is 237 g/mol. The van der Waals surface area contributed by atoms with Crippen molar-refractivity contribution in [2.45, 2.75) is 12.8 Å². The number of ether oxygens (including phenoxy) is 3.